The Morgan fingerprint density at radius 1 is 1.41 bits per heavy atom. The van der Waals surface area contributed by atoms with Gasteiger partial charge in [0, 0.05) is 24.6 Å². The van der Waals surface area contributed by atoms with Gasteiger partial charge < -0.3 is 5.32 Å². The van der Waals surface area contributed by atoms with E-state index >= 15 is 0 Å². The smallest absolute Gasteiger partial charge is 0.271 e. The summed E-state index contributed by atoms with van der Waals surface area (Å²) >= 11 is 0. The van der Waals surface area contributed by atoms with E-state index < -0.39 is 0 Å². The number of carbonyl (C=O) groups is 1. The second kappa shape index (κ2) is 4.04. The quantitative estimate of drug-likeness (QED) is 0.832. The molecule has 0 radical (unpaired) electrons. The van der Waals surface area contributed by atoms with E-state index in [-0.39, 0.29) is 5.91 Å². The van der Waals surface area contributed by atoms with E-state index in [0.717, 1.165) is 12.8 Å². The fourth-order valence-corrected chi connectivity index (χ4v) is 1.58. The number of nitrogens with zero attached hydrogens (tertiary/aromatic N) is 4. The van der Waals surface area contributed by atoms with Gasteiger partial charge in [0.05, 0.1) is 0 Å². The van der Waals surface area contributed by atoms with E-state index in [9.17, 15) is 4.79 Å². The highest BCUT2D eigenvalue weighted by Crippen LogP contribution is 2.18. The highest BCUT2D eigenvalue weighted by atomic mass is 16.2. The maximum Gasteiger partial charge on any atom is 0.271 e. The van der Waals surface area contributed by atoms with E-state index in [2.05, 4.69) is 15.5 Å². The molecule has 1 N–H and O–H groups in total. The molecule has 2 aromatic rings. The van der Waals surface area contributed by atoms with Crippen LogP contribution in [0.1, 0.15) is 23.3 Å². The second-order valence-electron chi connectivity index (χ2n) is 4.18. The van der Waals surface area contributed by atoms with Crippen LogP contribution in [0, 0.1) is 0 Å². The highest BCUT2D eigenvalue weighted by Gasteiger charge is 2.24. The van der Waals surface area contributed by atoms with Crippen LogP contribution in [0.15, 0.2) is 30.7 Å². The minimum Gasteiger partial charge on any atom is -0.348 e. The molecular formula is C11H13N5O. The van der Waals surface area contributed by atoms with Gasteiger partial charge in [-0.3, -0.25) is 14.2 Å². The molecule has 6 heteroatoms. The first-order valence-corrected chi connectivity index (χ1v) is 5.63. The Morgan fingerprint density at radius 2 is 2.29 bits per heavy atom. The van der Waals surface area contributed by atoms with Gasteiger partial charge >= 0.3 is 0 Å². The summed E-state index contributed by atoms with van der Waals surface area (Å²) in [6.07, 6.45) is 7.51. The Kier molecular flexibility index (Phi) is 2.40. The van der Waals surface area contributed by atoms with Crippen molar-refractivity contribution < 1.29 is 4.79 Å². The minimum absolute atomic E-state index is 0.0910. The first-order valence-electron chi connectivity index (χ1n) is 5.63. The summed E-state index contributed by atoms with van der Waals surface area (Å²) in [5, 5.41) is 11.2. The van der Waals surface area contributed by atoms with Gasteiger partial charge in [-0.25, -0.2) is 0 Å². The molecule has 0 bridgehead atoms. The first-order chi connectivity index (χ1) is 8.31. The van der Waals surface area contributed by atoms with Crippen LogP contribution in [-0.2, 0) is 6.67 Å². The Balaban J connectivity index is 1.67. The lowest BCUT2D eigenvalue weighted by molar-refractivity contribution is 0.0945. The fraction of sp³-hybridized carbons (Fsp3) is 0.364. The van der Waals surface area contributed by atoms with Crippen molar-refractivity contribution in [3.05, 3.63) is 36.4 Å². The third kappa shape index (κ3) is 2.35. The monoisotopic (exact) mass is 231 g/mol. The van der Waals surface area contributed by atoms with Crippen molar-refractivity contribution in [1.29, 1.82) is 0 Å². The van der Waals surface area contributed by atoms with E-state index in [0.29, 0.717) is 18.4 Å². The average molecular weight is 231 g/mol. The number of nitrogens with one attached hydrogen (secondary N) is 1. The Hall–Kier alpha value is -2.11. The summed E-state index contributed by atoms with van der Waals surface area (Å²) in [4.78, 5) is 11.7. The van der Waals surface area contributed by atoms with Crippen molar-refractivity contribution >= 4 is 5.91 Å². The summed E-state index contributed by atoms with van der Waals surface area (Å²) in [7, 11) is 0. The molecule has 1 amide bonds. The van der Waals surface area contributed by atoms with Crippen LogP contribution >= 0.6 is 0 Å². The summed E-state index contributed by atoms with van der Waals surface area (Å²) in [5.74, 6) is -0.0910. The SMILES string of the molecule is O=C(NC1CC1)c1ccn(Cn2cccn2)n1. The van der Waals surface area contributed by atoms with Gasteiger partial charge in [0.2, 0.25) is 0 Å². The van der Waals surface area contributed by atoms with Crippen molar-refractivity contribution in [3.8, 4) is 0 Å². The predicted octanol–water partition coefficient (Wildman–Crippen LogP) is 0.478. The molecule has 0 aliphatic heterocycles. The molecule has 0 aromatic carbocycles. The van der Waals surface area contributed by atoms with E-state index in [1.165, 1.54) is 0 Å². The lowest BCUT2D eigenvalue weighted by atomic mass is 10.4. The van der Waals surface area contributed by atoms with Gasteiger partial charge in [0.1, 0.15) is 12.4 Å². The summed E-state index contributed by atoms with van der Waals surface area (Å²) in [6, 6.07) is 3.93. The number of amides is 1. The van der Waals surface area contributed by atoms with Crippen molar-refractivity contribution in [1.82, 2.24) is 24.9 Å². The Morgan fingerprint density at radius 3 is 3.00 bits per heavy atom. The largest absolute Gasteiger partial charge is 0.348 e. The standard InChI is InChI=1S/C11H13N5O/c17-11(13-9-2-3-9)10-4-7-16(14-10)8-15-6-1-5-12-15/h1,4-7,9H,2-3,8H2,(H,13,17). The third-order valence-corrected chi connectivity index (χ3v) is 2.63. The zero-order chi connectivity index (χ0) is 11.7. The predicted molar refractivity (Wildman–Crippen MR) is 60.3 cm³/mol. The lowest BCUT2D eigenvalue weighted by Gasteiger charge is -2.01. The van der Waals surface area contributed by atoms with Crippen LogP contribution < -0.4 is 5.32 Å². The van der Waals surface area contributed by atoms with Crippen LogP contribution in [0.2, 0.25) is 0 Å². The van der Waals surface area contributed by atoms with Crippen LogP contribution in [0.3, 0.4) is 0 Å². The molecule has 2 heterocycles. The summed E-state index contributed by atoms with van der Waals surface area (Å²) in [5.41, 5.74) is 0.462. The van der Waals surface area contributed by atoms with E-state index in [1.807, 2.05) is 12.3 Å². The van der Waals surface area contributed by atoms with Crippen molar-refractivity contribution in [3.63, 3.8) is 0 Å². The summed E-state index contributed by atoms with van der Waals surface area (Å²) in [6.45, 7) is 0.518. The molecular weight excluding hydrogens is 218 g/mol. The second-order valence-corrected chi connectivity index (χ2v) is 4.18. The maximum absolute atomic E-state index is 11.7. The van der Waals surface area contributed by atoms with Gasteiger partial charge in [-0.05, 0) is 25.0 Å². The van der Waals surface area contributed by atoms with E-state index in [1.54, 1.807) is 27.8 Å². The van der Waals surface area contributed by atoms with E-state index in [4.69, 9.17) is 0 Å². The molecule has 1 fully saturated rings. The molecule has 88 valence electrons. The fourth-order valence-electron chi connectivity index (χ4n) is 1.58. The van der Waals surface area contributed by atoms with Crippen LogP contribution in [0.4, 0.5) is 0 Å². The number of aromatic nitrogens is 4. The molecule has 0 atom stereocenters. The molecule has 1 aliphatic rings. The maximum atomic E-state index is 11.7. The van der Waals surface area contributed by atoms with Crippen LogP contribution in [-0.4, -0.2) is 31.5 Å². The number of carbonyl (C=O) groups excluding carboxylic acids is 1. The van der Waals surface area contributed by atoms with Gasteiger partial charge in [0.25, 0.3) is 5.91 Å². The zero-order valence-corrected chi connectivity index (χ0v) is 9.28. The van der Waals surface area contributed by atoms with Crippen LogP contribution in [0.5, 0.6) is 0 Å². The molecule has 0 saturated heterocycles. The zero-order valence-electron chi connectivity index (χ0n) is 9.28. The van der Waals surface area contributed by atoms with Gasteiger partial charge in [0.15, 0.2) is 0 Å². The molecule has 0 spiro atoms. The number of hydrogen-bond donors (Lipinski definition) is 1. The first kappa shape index (κ1) is 10.1. The minimum atomic E-state index is -0.0910. The van der Waals surface area contributed by atoms with Gasteiger partial charge in [-0.2, -0.15) is 10.2 Å². The topological polar surface area (TPSA) is 64.7 Å². The van der Waals surface area contributed by atoms with Crippen molar-refractivity contribution in [2.45, 2.75) is 25.6 Å². The number of rotatable bonds is 4. The molecule has 2 aromatic heterocycles. The molecule has 1 saturated carbocycles. The Labute approximate surface area is 98.2 Å². The molecule has 1 aliphatic carbocycles. The summed E-state index contributed by atoms with van der Waals surface area (Å²) < 4.78 is 3.43. The normalized spacial score (nSPS) is 14.8. The lowest BCUT2D eigenvalue weighted by Crippen LogP contribution is -2.26. The molecule has 17 heavy (non-hydrogen) atoms. The highest BCUT2D eigenvalue weighted by molar-refractivity contribution is 5.92. The average Bonchev–Trinajstić information content (AvgIpc) is 2.84. The third-order valence-electron chi connectivity index (χ3n) is 2.63. The van der Waals surface area contributed by atoms with Gasteiger partial charge in [-0.15, -0.1) is 0 Å². The van der Waals surface area contributed by atoms with Crippen molar-refractivity contribution in [2.24, 2.45) is 0 Å². The molecule has 6 nitrogen and oxygen atoms in total. The van der Waals surface area contributed by atoms with Crippen LogP contribution in [0.25, 0.3) is 0 Å². The molecule has 0 unspecified atom stereocenters. The molecule has 3 rings (SSSR count). The van der Waals surface area contributed by atoms with Gasteiger partial charge in [-0.1, -0.05) is 0 Å². The number of hydrogen-bond acceptors (Lipinski definition) is 3. The van der Waals surface area contributed by atoms with Crippen molar-refractivity contribution in [2.75, 3.05) is 0 Å². The Bertz CT molecular complexity index is 512.